The fraction of sp³-hybridized carbons (Fsp3) is 0.857. The van der Waals surface area contributed by atoms with Gasteiger partial charge in [-0.15, -0.1) is 0 Å². The number of esters is 1. The van der Waals surface area contributed by atoms with Gasteiger partial charge in [0.15, 0.2) is 0 Å². The van der Waals surface area contributed by atoms with Crippen LogP contribution in [-0.2, 0) is 9.53 Å². The van der Waals surface area contributed by atoms with Crippen LogP contribution in [0, 0.1) is 50.2 Å². The van der Waals surface area contributed by atoms with E-state index in [0.717, 1.165) is 37.7 Å². The van der Waals surface area contributed by atoms with Gasteiger partial charge in [0.2, 0.25) is 0 Å². The molecule has 0 radical (unpaired) electrons. The summed E-state index contributed by atoms with van der Waals surface area (Å²) in [5.74, 6) is -0.421. The van der Waals surface area contributed by atoms with E-state index < -0.39 is 59.2 Å². The van der Waals surface area contributed by atoms with Crippen LogP contribution in [-0.4, -0.2) is 68.6 Å². The summed E-state index contributed by atoms with van der Waals surface area (Å²) >= 11 is 0. The minimum atomic E-state index is -1.45. The largest absolute Gasteiger partial charge is 0.455 e. The van der Waals surface area contributed by atoms with Crippen LogP contribution in [0.5, 0.6) is 0 Å². The lowest BCUT2D eigenvalue weighted by Crippen LogP contribution is -2.76. The van der Waals surface area contributed by atoms with Crippen LogP contribution in [0.4, 0.5) is 0 Å². The molecule has 0 saturated heterocycles. The minimum absolute atomic E-state index is 0.0406. The zero-order chi connectivity index (χ0) is 31.4. The summed E-state index contributed by atoms with van der Waals surface area (Å²) in [6.45, 7) is 17.9. The van der Waals surface area contributed by atoms with Gasteiger partial charge in [-0.05, 0) is 91.8 Å². The third kappa shape index (κ3) is 3.79. The van der Waals surface area contributed by atoms with E-state index in [1.54, 1.807) is 19.9 Å². The van der Waals surface area contributed by atoms with E-state index in [9.17, 15) is 30.3 Å². The molecule has 5 rings (SSSR count). The number of allylic oxidation sites excluding steroid dienone is 2. The summed E-state index contributed by atoms with van der Waals surface area (Å²) in [6.07, 6.45) is 3.34. The molecular formula is C35H56O7. The average molecular weight is 589 g/mol. The van der Waals surface area contributed by atoms with Crippen molar-refractivity contribution in [3.8, 4) is 0 Å². The lowest BCUT2D eigenvalue weighted by molar-refractivity contribution is -0.290. The van der Waals surface area contributed by atoms with E-state index in [4.69, 9.17) is 4.74 Å². The summed E-state index contributed by atoms with van der Waals surface area (Å²) in [4.78, 5) is 13.1. The lowest BCUT2D eigenvalue weighted by atomic mass is 9.32. The van der Waals surface area contributed by atoms with Gasteiger partial charge in [0.25, 0.3) is 0 Å². The Morgan fingerprint density at radius 2 is 1.60 bits per heavy atom. The number of hydrogen-bond donors (Lipinski definition) is 5. The first kappa shape index (κ1) is 32.2. The maximum atomic E-state index is 13.1. The highest BCUT2D eigenvalue weighted by Crippen LogP contribution is 2.75. The molecule has 0 unspecified atom stereocenters. The molecule has 238 valence electrons. The molecule has 5 aliphatic carbocycles. The van der Waals surface area contributed by atoms with Crippen molar-refractivity contribution >= 4 is 5.97 Å². The molecule has 4 saturated carbocycles. The van der Waals surface area contributed by atoms with Crippen LogP contribution in [0.3, 0.4) is 0 Å². The number of carbonyl (C=O) groups excluding carboxylic acids is 1. The standard InChI is InChI=1S/C35H56O7/c1-10-19(2)29(41)42-28-27(40)30(3,4)17-21-20-11-12-23-32(7)15-14-24(37)31(5,6)22(32)13-16-33(23,8)34(20,9)25(38)26(39)35(21,28)18-36/h10-11,21-28,36-40H,12-18H2,1-9H3/b19-10+/t21-,22+,23-,24-,25-,26+,27-,28-,32-,33+,34-,35-/m0/s1. The van der Waals surface area contributed by atoms with Gasteiger partial charge in [0, 0.05) is 11.0 Å². The van der Waals surface area contributed by atoms with Gasteiger partial charge < -0.3 is 30.3 Å². The summed E-state index contributed by atoms with van der Waals surface area (Å²) in [7, 11) is 0. The first-order chi connectivity index (χ1) is 19.3. The van der Waals surface area contributed by atoms with Crippen molar-refractivity contribution in [1.29, 1.82) is 0 Å². The van der Waals surface area contributed by atoms with Gasteiger partial charge in [0.1, 0.15) is 6.10 Å². The molecule has 0 aromatic carbocycles. The first-order valence-corrected chi connectivity index (χ1v) is 16.2. The molecule has 42 heavy (non-hydrogen) atoms. The monoisotopic (exact) mass is 588 g/mol. The fourth-order valence-corrected chi connectivity index (χ4v) is 11.4. The van der Waals surface area contributed by atoms with Crippen molar-refractivity contribution < 1.29 is 35.1 Å². The van der Waals surface area contributed by atoms with Gasteiger partial charge in [0.05, 0.1) is 36.4 Å². The van der Waals surface area contributed by atoms with E-state index in [0.29, 0.717) is 17.9 Å². The van der Waals surface area contributed by atoms with Crippen molar-refractivity contribution in [3.05, 3.63) is 23.3 Å². The molecular weight excluding hydrogens is 532 g/mol. The Bertz CT molecular complexity index is 1170. The molecule has 4 fully saturated rings. The maximum absolute atomic E-state index is 13.1. The summed E-state index contributed by atoms with van der Waals surface area (Å²) in [5.41, 5.74) is -2.12. The Balaban J connectivity index is 1.67. The third-order valence-electron chi connectivity index (χ3n) is 14.5. The van der Waals surface area contributed by atoms with Crippen molar-refractivity contribution in [1.82, 2.24) is 0 Å². The van der Waals surface area contributed by atoms with Crippen molar-refractivity contribution in [2.75, 3.05) is 6.61 Å². The predicted molar refractivity (Wildman–Crippen MR) is 161 cm³/mol. The highest BCUT2D eigenvalue weighted by molar-refractivity contribution is 5.87. The number of carbonyl (C=O) groups is 1. The van der Waals surface area contributed by atoms with E-state index in [2.05, 4.69) is 40.7 Å². The van der Waals surface area contributed by atoms with E-state index in [1.807, 2.05) is 13.8 Å². The number of aliphatic hydroxyl groups excluding tert-OH is 5. The molecule has 0 aromatic heterocycles. The van der Waals surface area contributed by atoms with Gasteiger partial charge in [-0.3, -0.25) is 0 Å². The summed E-state index contributed by atoms with van der Waals surface area (Å²) in [6, 6.07) is 0. The number of ether oxygens (including phenoxy) is 1. The molecule has 0 heterocycles. The third-order valence-corrected chi connectivity index (χ3v) is 14.5. The predicted octanol–water partition coefficient (Wildman–Crippen LogP) is 4.54. The number of rotatable bonds is 3. The number of aliphatic hydroxyl groups is 5. The Morgan fingerprint density at radius 3 is 2.19 bits per heavy atom. The van der Waals surface area contributed by atoms with E-state index >= 15 is 0 Å². The molecule has 7 nitrogen and oxygen atoms in total. The van der Waals surface area contributed by atoms with Crippen LogP contribution < -0.4 is 0 Å². The highest BCUT2D eigenvalue weighted by Gasteiger charge is 2.75. The van der Waals surface area contributed by atoms with Crippen LogP contribution in [0.2, 0.25) is 0 Å². The van der Waals surface area contributed by atoms with Crippen molar-refractivity contribution in [2.24, 2.45) is 50.2 Å². The molecule has 12 atom stereocenters. The van der Waals surface area contributed by atoms with Gasteiger partial charge in [-0.1, -0.05) is 66.2 Å². The molecule has 0 amide bonds. The van der Waals surface area contributed by atoms with Crippen molar-refractivity contribution in [2.45, 2.75) is 131 Å². The molecule has 5 aliphatic rings. The second-order valence-corrected chi connectivity index (χ2v) is 16.7. The van der Waals surface area contributed by atoms with Crippen LogP contribution in [0.25, 0.3) is 0 Å². The normalized spacial score (nSPS) is 51.3. The summed E-state index contributed by atoms with van der Waals surface area (Å²) < 4.78 is 6.00. The van der Waals surface area contributed by atoms with Crippen LogP contribution in [0.15, 0.2) is 23.3 Å². The summed E-state index contributed by atoms with van der Waals surface area (Å²) in [5, 5.41) is 58.3. The van der Waals surface area contributed by atoms with E-state index in [-0.39, 0.29) is 28.3 Å². The van der Waals surface area contributed by atoms with Gasteiger partial charge >= 0.3 is 5.97 Å². The first-order valence-electron chi connectivity index (χ1n) is 16.2. The molecule has 0 spiro atoms. The topological polar surface area (TPSA) is 127 Å². The highest BCUT2D eigenvalue weighted by atomic mass is 16.6. The smallest absolute Gasteiger partial charge is 0.333 e. The Morgan fingerprint density at radius 1 is 0.952 bits per heavy atom. The number of fused-ring (bicyclic) bond motifs is 7. The van der Waals surface area contributed by atoms with Gasteiger partial charge in [-0.2, -0.15) is 0 Å². The minimum Gasteiger partial charge on any atom is -0.455 e. The molecule has 0 aromatic rings. The number of hydrogen-bond acceptors (Lipinski definition) is 7. The zero-order valence-corrected chi connectivity index (χ0v) is 27.3. The second kappa shape index (κ2) is 9.87. The van der Waals surface area contributed by atoms with Crippen LogP contribution >= 0.6 is 0 Å². The van der Waals surface area contributed by atoms with Crippen LogP contribution in [0.1, 0.15) is 101 Å². The van der Waals surface area contributed by atoms with E-state index in [1.165, 1.54) is 0 Å². The molecule has 7 heteroatoms. The Kier molecular flexibility index (Phi) is 7.56. The molecule has 0 aliphatic heterocycles. The molecule has 0 bridgehead atoms. The second-order valence-electron chi connectivity index (χ2n) is 16.7. The zero-order valence-electron chi connectivity index (χ0n) is 27.3. The Hall–Kier alpha value is -1.25. The van der Waals surface area contributed by atoms with Crippen molar-refractivity contribution in [3.63, 3.8) is 0 Å². The maximum Gasteiger partial charge on any atom is 0.333 e. The van der Waals surface area contributed by atoms with Gasteiger partial charge in [-0.25, -0.2) is 4.79 Å². The quantitative estimate of drug-likeness (QED) is 0.186. The fourth-order valence-electron chi connectivity index (χ4n) is 11.4. The lowest BCUT2D eigenvalue weighted by Gasteiger charge is -2.73. The Labute approximate surface area is 252 Å². The average Bonchev–Trinajstić information content (AvgIpc) is 2.92. The SMILES string of the molecule is C/C=C(\C)C(=O)O[C@H]1[C@H](O)C(C)(C)C[C@H]2C3=CC[C@H]4[C@@]5(C)CC[C@H](O)C(C)(C)[C@H]5CC[C@@]4(C)[C@]3(C)[C@@H](O)[C@@H](O)[C@]21CO. The molecule has 5 N–H and O–H groups in total.